The lowest BCUT2D eigenvalue weighted by atomic mass is 9.92. The van der Waals surface area contributed by atoms with Gasteiger partial charge in [0.25, 0.3) is 11.8 Å². The van der Waals surface area contributed by atoms with E-state index in [0.29, 0.717) is 42.6 Å². The van der Waals surface area contributed by atoms with Gasteiger partial charge in [-0.3, -0.25) is 4.79 Å². The van der Waals surface area contributed by atoms with Crippen molar-refractivity contribution in [2.75, 3.05) is 19.8 Å². The molecule has 1 heterocycles. The van der Waals surface area contributed by atoms with E-state index in [2.05, 4.69) is 15.3 Å². The Bertz CT molecular complexity index is 956. The van der Waals surface area contributed by atoms with Gasteiger partial charge in [0.2, 0.25) is 11.4 Å². The molecule has 0 unspecified atom stereocenters. The lowest BCUT2D eigenvalue weighted by Gasteiger charge is -2.29. The number of amides is 1. The van der Waals surface area contributed by atoms with Gasteiger partial charge in [0.05, 0.1) is 19.8 Å². The first-order chi connectivity index (χ1) is 16.1. The van der Waals surface area contributed by atoms with E-state index in [1.54, 1.807) is 12.1 Å². The summed E-state index contributed by atoms with van der Waals surface area (Å²) in [4.78, 5) is 21.1. The fraction of sp³-hybridized carbons (Fsp3) is 0.500. The average Bonchev–Trinajstić information content (AvgIpc) is 2.83. The Morgan fingerprint density at radius 1 is 1.00 bits per heavy atom. The summed E-state index contributed by atoms with van der Waals surface area (Å²) < 4.78 is 23.0. The van der Waals surface area contributed by atoms with Crippen LogP contribution in [0.5, 0.6) is 23.1 Å². The summed E-state index contributed by atoms with van der Waals surface area (Å²) in [6.45, 7) is 6.99. The van der Waals surface area contributed by atoms with Crippen LogP contribution in [0.2, 0.25) is 0 Å². The molecule has 1 aromatic heterocycles. The lowest BCUT2D eigenvalue weighted by molar-refractivity contribution is 0.0888. The molecule has 0 aliphatic heterocycles. The summed E-state index contributed by atoms with van der Waals surface area (Å²) in [5.41, 5.74) is 0.639. The molecule has 1 aliphatic rings. The average molecular weight is 455 g/mol. The number of hydrogen-bond donors (Lipinski definition) is 1. The molecule has 0 spiro atoms. The van der Waals surface area contributed by atoms with Crippen molar-refractivity contribution in [3.05, 3.63) is 35.8 Å². The highest BCUT2D eigenvalue weighted by Gasteiger charge is 2.26. The van der Waals surface area contributed by atoms with E-state index in [9.17, 15) is 4.79 Å². The highest BCUT2D eigenvalue weighted by Crippen LogP contribution is 2.39. The number of carbonyl (C=O) groups is 1. The van der Waals surface area contributed by atoms with Crippen LogP contribution in [0.3, 0.4) is 0 Å². The van der Waals surface area contributed by atoms with E-state index < -0.39 is 0 Å². The van der Waals surface area contributed by atoms with Gasteiger partial charge in [-0.2, -0.15) is 5.26 Å². The number of carbonyl (C=O) groups excluding carboxylic acids is 1. The second-order valence-electron chi connectivity index (χ2n) is 7.49. The molecule has 0 bridgehead atoms. The van der Waals surface area contributed by atoms with Crippen molar-refractivity contribution in [2.24, 2.45) is 0 Å². The molecule has 176 valence electrons. The minimum absolute atomic E-state index is 0.0206. The van der Waals surface area contributed by atoms with Gasteiger partial charge in [0, 0.05) is 24.0 Å². The lowest BCUT2D eigenvalue weighted by Crippen LogP contribution is -2.39. The zero-order valence-corrected chi connectivity index (χ0v) is 19.3. The van der Waals surface area contributed by atoms with E-state index in [1.807, 2.05) is 26.8 Å². The van der Waals surface area contributed by atoms with E-state index in [4.69, 9.17) is 24.2 Å². The topological polar surface area (TPSA) is 116 Å². The third-order valence-electron chi connectivity index (χ3n) is 5.23. The third kappa shape index (κ3) is 6.25. The van der Waals surface area contributed by atoms with E-state index in [-0.39, 0.29) is 29.6 Å². The third-order valence-corrected chi connectivity index (χ3v) is 5.23. The first-order valence-corrected chi connectivity index (χ1v) is 11.3. The summed E-state index contributed by atoms with van der Waals surface area (Å²) >= 11 is 0. The zero-order chi connectivity index (χ0) is 23.6. The maximum absolute atomic E-state index is 13.0. The summed E-state index contributed by atoms with van der Waals surface area (Å²) in [5.74, 6) is 1.56. The Morgan fingerprint density at radius 2 is 1.61 bits per heavy atom. The molecule has 1 aliphatic carbocycles. The largest absolute Gasteiger partial charge is 0.490 e. The molecular weight excluding hydrogens is 424 g/mol. The number of nitrogens with one attached hydrogen (secondary N) is 1. The van der Waals surface area contributed by atoms with Crippen LogP contribution in [0.15, 0.2) is 24.5 Å². The summed E-state index contributed by atoms with van der Waals surface area (Å²) in [6.07, 6.45) is 5.90. The standard InChI is InChI=1S/C24H30N4O5/c1-4-30-20-13-16(14-21(31-5-2)22(20)32-6-3)23(29)28-17-7-9-18(10-8-17)33-24-19(15-25)26-11-12-27-24/h11-14,17-18H,4-10H2,1-3H3,(H,28,29). The smallest absolute Gasteiger partial charge is 0.251 e. The molecule has 3 rings (SSSR count). The highest BCUT2D eigenvalue weighted by molar-refractivity contribution is 5.95. The minimum atomic E-state index is -0.190. The second-order valence-corrected chi connectivity index (χ2v) is 7.49. The highest BCUT2D eigenvalue weighted by atomic mass is 16.5. The summed E-state index contributed by atoms with van der Waals surface area (Å²) in [7, 11) is 0. The molecule has 33 heavy (non-hydrogen) atoms. The van der Waals surface area contributed by atoms with Gasteiger partial charge in [-0.15, -0.1) is 0 Å². The maximum Gasteiger partial charge on any atom is 0.251 e. The normalized spacial score (nSPS) is 17.5. The predicted molar refractivity (Wildman–Crippen MR) is 121 cm³/mol. The number of benzene rings is 1. The Kier molecular flexibility index (Phi) is 8.70. The molecule has 1 fully saturated rings. The van der Waals surface area contributed by atoms with Crippen LogP contribution in [0.1, 0.15) is 62.5 Å². The van der Waals surface area contributed by atoms with Crippen LogP contribution >= 0.6 is 0 Å². The Hall–Kier alpha value is -3.54. The van der Waals surface area contributed by atoms with Gasteiger partial charge in [-0.1, -0.05) is 0 Å². The van der Waals surface area contributed by atoms with E-state index >= 15 is 0 Å². The van der Waals surface area contributed by atoms with Crippen molar-refractivity contribution in [1.29, 1.82) is 5.26 Å². The molecule has 1 aromatic carbocycles. The van der Waals surface area contributed by atoms with E-state index in [0.717, 1.165) is 25.7 Å². The van der Waals surface area contributed by atoms with Gasteiger partial charge in [0.1, 0.15) is 12.2 Å². The van der Waals surface area contributed by atoms with Crippen LogP contribution in [0.4, 0.5) is 0 Å². The molecular formula is C24H30N4O5. The first-order valence-electron chi connectivity index (χ1n) is 11.3. The Labute approximate surface area is 194 Å². The molecule has 0 atom stereocenters. The summed E-state index contributed by atoms with van der Waals surface area (Å²) in [5, 5.41) is 12.3. The van der Waals surface area contributed by atoms with Crippen molar-refractivity contribution in [3.63, 3.8) is 0 Å². The molecule has 1 saturated carbocycles. The number of nitrogens with zero attached hydrogens (tertiary/aromatic N) is 3. The summed E-state index contributed by atoms with van der Waals surface area (Å²) in [6, 6.07) is 5.40. The molecule has 0 radical (unpaired) electrons. The van der Waals surface area contributed by atoms with Crippen molar-refractivity contribution in [1.82, 2.24) is 15.3 Å². The Balaban J connectivity index is 1.64. The fourth-order valence-corrected chi connectivity index (χ4v) is 3.76. The van der Waals surface area contributed by atoms with Gasteiger partial charge < -0.3 is 24.3 Å². The number of aromatic nitrogens is 2. The molecule has 1 amide bonds. The van der Waals surface area contributed by atoms with Crippen LogP contribution in [0, 0.1) is 11.3 Å². The monoisotopic (exact) mass is 454 g/mol. The molecule has 2 aromatic rings. The molecule has 0 saturated heterocycles. The van der Waals surface area contributed by atoms with Gasteiger partial charge in [-0.05, 0) is 58.6 Å². The van der Waals surface area contributed by atoms with E-state index in [1.165, 1.54) is 12.4 Å². The van der Waals surface area contributed by atoms with Crippen molar-refractivity contribution >= 4 is 5.91 Å². The van der Waals surface area contributed by atoms with Crippen LogP contribution in [-0.4, -0.2) is 47.8 Å². The molecule has 9 nitrogen and oxygen atoms in total. The number of rotatable bonds is 10. The second kappa shape index (κ2) is 11.9. The number of nitriles is 1. The Morgan fingerprint density at radius 3 is 2.18 bits per heavy atom. The SMILES string of the molecule is CCOc1cc(C(=O)NC2CCC(Oc3nccnc3C#N)CC2)cc(OCC)c1OCC. The van der Waals surface area contributed by atoms with Gasteiger partial charge in [0.15, 0.2) is 11.5 Å². The minimum Gasteiger partial charge on any atom is -0.490 e. The first kappa shape index (κ1) is 24.1. The quantitative estimate of drug-likeness (QED) is 0.578. The van der Waals surface area contributed by atoms with Crippen LogP contribution in [0.25, 0.3) is 0 Å². The number of ether oxygens (including phenoxy) is 4. The van der Waals surface area contributed by atoms with Crippen LogP contribution in [-0.2, 0) is 0 Å². The van der Waals surface area contributed by atoms with Gasteiger partial charge >= 0.3 is 0 Å². The van der Waals surface area contributed by atoms with Crippen molar-refractivity contribution < 1.29 is 23.7 Å². The van der Waals surface area contributed by atoms with Crippen LogP contribution < -0.4 is 24.3 Å². The molecule has 1 N–H and O–H groups in total. The predicted octanol–water partition coefficient (Wildman–Crippen LogP) is 3.66. The van der Waals surface area contributed by atoms with Gasteiger partial charge in [-0.25, -0.2) is 9.97 Å². The van der Waals surface area contributed by atoms with Crippen molar-refractivity contribution in [2.45, 2.75) is 58.6 Å². The zero-order valence-electron chi connectivity index (χ0n) is 19.3. The number of hydrogen-bond acceptors (Lipinski definition) is 8. The van der Waals surface area contributed by atoms with Crippen molar-refractivity contribution in [3.8, 4) is 29.2 Å². The fourth-order valence-electron chi connectivity index (χ4n) is 3.76. The molecule has 9 heteroatoms. The maximum atomic E-state index is 13.0.